The predicted octanol–water partition coefficient (Wildman–Crippen LogP) is 3.76. The molecule has 2 heterocycles. The predicted molar refractivity (Wildman–Crippen MR) is 86.4 cm³/mol. The van der Waals surface area contributed by atoms with Crippen LogP contribution in [0.15, 0.2) is 16.0 Å². The Bertz CT molecular complexity index is 688. The number of carbonyl (C=O) groups excluding carboxylic acids is 2. The van der Waals surface area contributed by atoms with Crippen LogP contribution in [0.25, 0.3) is 0 Å². The fourth-order valence-electron chi connectivity index (χ4n) is 2.07. The van der Waals surface area contributed by atoms with Gasteiger partial charge in [-0.25, -0.2) is 0 Å². The number of aryl methyl sites for hydroxylation is 2. The van der Waals surface area contributed by atoms with Gasteiger partial charge in [-0.3, -0.25) is 9.59 Å². The Morgan fingerprint density at radius 3 is 2.55 bits per heavy atom. The van der Waals surface area contributed by atoms with Gasteiger partial charge in [0.05, 0.1) is 17.7 Å². The summed E-state index contributed by atoms with van der Waals surface area (Å²) in [6, 6.07) is 1.75. The Morgan fingerprint density at radius 2 is 2.00 bits per heavy atom. The number of rotatable bonds is 4. The standard InChI is InChI=1S/C16H20N2O3S/c1-9-12(10(2)21-18-9)8-13(19)17-15-11(6-7-22-15)14(20)16(3,4)5/h6-7H,8H2,1-5H3,(H,17,19). The Labute approximate surface area is 133 Å². The molecule has 0 bridgehead atoms. The molecule has 6 heteroatoms. The first kappa shape index (κ1) is 16.4. The van der Waals surface area contributed by atoms with E-state index >= 15 is 0 Å². The lowest BCUT2D eigenvalue weighted by atomic mass is 9.87. The summed E-state index contributed by atoms with van der Waals surface area (Å²) < 4.78 is 5.06. The molecule has 0 aliphatic heterocycles. The molecule has 0 unspecified atom stereocenters. The highest BCUT2D eigenvalue weighted by atomic mass is 32.1. The molecule has 1 N–H and O–H groups in total. The number of carbonyl (C=O) groups is 2. The molecular formula is C16H20N2O3S. The Morgan fingerprint density at radius 1 is 1.32 bits per heavy atom. The molecule has 0 saturated heterocycles. The third-order valence-corrected chi connectivity index (χ3v) is 4.19. The fraction of sp³-hybridized carbons (Fsp3) is 0.438. The first-order valence-electron chi connectivity index (χ1n) is 7.04. The number of thiophene rings is 1. The Balaban J connectivity index is 2.14. The van der Waals surface area contributed by atoms with E-state index in [0.717, 1.165) is 5.56 Å². The normalized spacial score (nSPS) is 11.5. The summed E-state index contributed by atoms with van der Waals surface area (Å²) in [6.45, 7) is 9.18. The number of ketones is 1. The van der Waals surface area contributed by atoms with Crippen LogP contribution >= 0.6 is 11.3 Å². The van der Waals surface area contributed by atoms with E-state index in [0.29, 0.717) is 22.0 Å². The number of aromatic nitrogens is 1. The van der Waals surface area contributed by atoms with Gasteiger partial charge < -0.3 is 9.84 Å². The van der Waals surface area contributed by atoms with E-state index in [1.165, 1.54) is 11.3 Å². The van der Waals surface area contributed by atoms with Crippen LogP contribution in [0, 0.1) is 19.3 Å². The summed E-state index contributed by atoms with van der Waals surface area (Å²) in [6.07, 6.45) is 0.183. The van der Waals surface area contributed by atoms with E-state index in [9.17, 15) is 9.59 Å². The van der Waals surface area contributed by atoms with Gasteiger partial charge in [0.25, 0.3) is 0 Å². The molecule has 0 fully saturated rings. The van der Waals surface area contributed by atoms with Gasteiger partial charge in [0.1, 0.15) is 10.8 Å². The van der Waals surface area contributed by atoms with Crippen LogP contribution in [-0.2, 0) is 11.2 Å². The topological polar surface area (TPSA) is 72.2 Å². The zero-order valence-corrected chi connectivity index (χ0v) is 14.3. The van der Waals surface area contributed by atoms with E-state index in [1.54, 1.807) is 19.9 Å². The number of hydrogen-bond acceptors (Lipinski definition) is 5. The lowest BCUT2D eigenvalue weighted by Gasteiger charge is -2.17. The molecule has 0 aliphatic carbocycles. The summed E-state index contributed by atoms with van der Waals surface area (Å²) in [7, 11) is 0. The quantitative estimate of drug-likeness (QED) is 0.871. The molecule has 0 spiro atoms. The summed E-state index contributed by atoms with van der Waals surface area (Å²) in [5.41, 5.74) is 1.58. The van der Waals surface area contributed by atoms with Gasteiger partial charge in [0, 0.05) is 11.0 Å². The fourth-order valence-corrected chi connectivity index (χ4v) is 2.88. The van der Waals surface area contributed by atoms with Gasteiger partial charge in [-0.05, 0) is 25.3 Å². The summed E-state index contributed by atoms with van der Waals surface area (Å²) in [5, 5.41) is 9.07. The van der Waals surface area contributed by atoms with Crippen molar-refractivity contribution >= 4 is 28.0 Å². The lowest BCUT2D eigenvalue weighted by Crippen LogP contribution is -2.22. The second-order valence-electron chi connectivity index (χ2n) is 6.27. The van der Waals surface area contributed by atoms with Crippen LogP contribution in [-0.4, -0.2) is 16.8 Å². The average Bonchev–Trinajstić information content (AvgIpc) is 2.98. The maximum absolute atomic E-state index is 12.4. The van der Waals surface area contributed by atoms with Crippen molar-refractivity contribution in [1.82, 2.24) is 5.16 Å². The minimum Gasteiger partial charge on any atom is -0.361 e. The third kappa shape index (κ3) is 3.44. The van der Waals surface area contributed by atoms with E-state index in [1.807, 2.05) is 26.2 Å². The monoisotopic (exact) mass is 320 g/mol. The van der Waals surface area contributed by atoms with E-state index in [4.69, 9.17) is 4.52 Å². The molecule has 0 saturated carbocycles. The van der Waals surface area contributed by atoms with Crippen LogP contribution in [0.5, 0.6) is 0 Å². The number of nitrogens with one attached hydrogen (secondary N) is 1. The molecule has 5 nitrogen and oxygen atoms in total. The van der Waals surface area contributed by atoms with E-state index < -0.39 is 5.41 Å². The second-order valence-corrected chi connectivity index (χ2v) is 7.19. The molecule has 2 aromatic heterocycles. The highest BCUT2D eigenvalue weighted by molar-refractivity contribution is 7.14. The van der Waals surface area contributed by atoms with Crippen LogP contribution in [0.1, 0.15) is 48.1 Å². The average molecular weight is 320 g/mol. The van der Waals surface area contributed by atoms with Crippen molar-refractivity contribution in [2.24, 2.45) is 5.41 Å². The molecule has 118 valence electrons. The van der Waals surface area contributed by atoms with Crippen molar-refractivity contribution < 1.29 is 14.1 Å². The number of nitrogens with zero attached hydrogens (tertiary/aromatic N) is 1. The lowest BCUT2D eigenvalue weighted by molar-refractivity contribution is -0.115. The van der Waals surface area contributed by atoms with Crippen molar-refractivity contribution in [1.29, 1.82) is 0 Å². The highest BCUT2D eigenvalue weighted by Crippen LogP contribution is 2.30. The number of amides is 1. The van der Waals surface area contributed by atoms with Gasteiger partial charge in [-0.15, -0.1) is 11.3 Å². The molecule has 0 aliphatic rings. The van der Waals surface area contributed by atoms with Crippen LogP contribution in [0.4, 0.5) is 5.00 Å². The summed E-state index contributed by atoms with van der Waals surface area (Å²) >= 11 is 1.35. The molecule has 22 heavy (non-hydrogen) atoms. The maximum Gasteiger partial charge on any atom is 0.229 e. The first-order chi connectivity index (χ1) is 10.2. The van der Waals surface area contributed by atoms with Crippen LogP contribution in [0.3, 0.4) is 0 Å². The second kappa shape index (κ2) is 6.04. The largest absolute Gasteiger partial charge is 0.361 e. The maximum atomic E-state index is 12.4. The molecule has 2 rings (SSSR count). The molecule has 1 amide bonds. The van der Waals surface area contributed by atoms with Crippen LogP contribution in [0.2, 0.25) is 0 Å². The van der Waals surface area contributed by atoms with Crippen molar-refractivity contribution in [3.63, 3.8) is 0 Å². The minimum absolute atomic E-state index is 0.0152. The van der Waals surface area contributed by atoms with Crippen molar-refractivity contribution in [2.45, 2.75) is 41.0 Å². The number of hydrogen-bond donors (Lipinski definition) is 1. The zero-order chi connectivity index (χ0) is 16.5. The molecule has 0 aromatic carbocycles. The summed E-state index contributed by atoms with van der Waals surface area (Å²) in [5.74, 6) is 0.478. The SMILES string of the molecule is Cc1noc(C)c1CC(=O)Nc1sccc1C(=O)C(C)(C)C. The first-order valence-corrected chi connectivity index (χ1v) is 7.92. The Hall–Kier alpha value is -1.95. The van der Waals surface area contributed by atoms with Gasteiger partial charge in [0.15, 0.2) is 5.78 Å². The highest BCUT2D eigenvalue weighted by Gasteiger charge is 2.26. The van der Waals surface area contributed by atoms with Crippen LogP contribution < -0.4 is 5.32 Å². The Kier molecular flexibility index (Phi) is 4.51. The van der Waals surface area contributed by atoms with Crippen molar-refractivity contribution in [2.75, 3.05) is 5.32 Å². The molecule has 0 atom stereocenters. The van der Waals surface area contributed by atoms with E-state index in [-0.39, 0.29) is 18.1 Å². The number of Topliss-reactive ketones (excluding diaryl/α,β-unsaturated/α-hetero) is 1. The van der Waals surface area contributed by atoms with Gasteiger partial charge in [0.2, 0.25) is 5.91 Å². The zero-order valence-electron chi connectivity index (χ0n) is 13.4. The van der Waals surface area contributed by atoms with Gasteiger partial charge >= 0.3 is 0 Å². The van der Waals surface area contributed by atoms with E-state index in [2.05, 4.69) is 10.5 Å². The molecule has 0 radical (unpaired) electrons. The van der Waals surface area contributed by atoms with Crippen molar-refractivity contribution in [3.05, 3.63) is 34.0 Å². The molecule has 2 aromatic rings. The van der Waals surface area contributed by atoms with Crippen molar-refractivity contribution in [3.8, 4) is 0 Å². The van der Waals surface area contributed by atoms with Gasteiger partial charge in [-0.2, -0.15) is 0 Å². The summed E-state index contributed by atoms with van der Waals surface area (Å²) in [4.78, 5) is 24.6. The molecular weight excluding hydrogens is 300 g/mol. The minimum atomic E-state index is -0.484. The third-order valence-electron chi connectivity index (χ3n) is 3.36. The van der Waals surface area contributed by atoms with Gasteiger partial charge in [-0.1, -0.05) is 25.9 Å². The number of anilines is 1. The smallest absolute Gasteiger partial charge is 0.229 e.